The van der Waals surface area contributed by atoms with Crippen molar-refractivity contribution in [3.8, 4) is 11.3 Å². The summed E-state index contributed by atoms with van der Waals surface area (Å²) in [7, 11) is 0. The Morgan fingerprint density at radius 1 is 0.756 bits per heavy atom. The molecular weight excluding hydrogens is 536 g/mol. The minimum absolute atomic E-state index is 0.364. The molecule has 3 aromatic carbocycles. The van der Waals surface area contributed by atoms with Crippen LogP contribution in [0.4, 0.5) is 5.13 Å². The number of H-pyrrole nitrogens is 1. The molecule has 9 heteroatoms. The van der Waals surface area contributed by atoms with Crippen molar-refractivity contribution in [2.24, 2.45) is 5.10 Å². The molecule has 0 bridgehead atoms. The molecule has 1 aliphatic rings. The summed E-state index contributed by atoms with van der Waals surface area (Å²) in [5, 5.41) is 10.6. The standard InChI is InChI=1S/C32H18N4O4S/c37-30-21(13-18-7-1-5-11-28(18)39-30)25-15-27(23-16-33-24-10-4-3-9-20(23)24)36(35-25)32-34-26(17-41-32)22-14-19-8-2-6-12-29(19)40-31(22)38/h1-17,33H/p+1. The normalized spacial score (nSPS) is 15.1. The highest BCUT2D eigenvalue weighted by Crippen LogP contribution is 2.29. The number of hydrogen-bond acceptors (Lipinski definition) is 7. The third kappa shape index (κ3) is 3.87. The van der Waals surface area contributed by atoms with Crippen LogP contribution in [-0.2, 0) is 0 Å². The quantitative estimate of drug-likeness (QED) is 0.280. The highest BCUT2D eigenvalue weighted by molar-refractivity contribution is 7.13. The van der Waals surface area contributed by atoms with Crippen LogP contribution in [0.15, 0.2) is 126 Å². The Labute approximate surface area is 235 Å². The van der Waals surface area contributed by atoms with Gasteiger partial charge in [-0.1, -0.05) is 71.0 Å². The van der Waals surface area contributed by atoms with E-state index >= 15 is 0 Å². The molecule has 8 rings (SSSR count). The van der Waals surface area contributed by atoms with E-state index in [4.69, 9.17) is 18.9 Å². The zero-order valence-electron chi connectivity index (χ0n) is 21.3. The van der Waals surface area contributed by atoms with Crippen molar-refractivity contribution in [2.45, 2.75) is 0 Å². The fraction of sp³-hybridized carbons (Fsp3) is 0. The maximum atomic E-state index is 13.1. The molecule has 4 aromatic heterocycles. The minimum atomic E-state index is -0.466. The number of fused-ring (bicyclic) bond motifs is 3. The topological polar surface area (TPSA) is 106 Å². The highest BCUT2D eigenvalue weighted by atomic mass is 32.1. The fourth-order valence-electron chi connectivity index (χ4n) is 5.21. The van der Waals surface area contributed by atoms with Crippen LogP contribution in [0.5, 0.6) is 0 Å². The van der Waals surface area contributed by atoms with Gasteiger partial charge in [0.2, 0.25) is 0 Å². The second-order valence-electron chi connectivity index (χ2n) is 9.66. The third-order valence-corrected chi connectivity index (χ3v) is 8.04. The maximum absolute atomic E-state index is 13.1. The molecule has 0 spiro atoms. The second kappa shape index (κ2) is 9.09. The highest BCUT2D eigenvalue weighted by Gasteiger charge is 2.33. The Bertz CT molecular complexity index is 2340. The van der Waals surface area contributed by atoms with Gasteiger partial charge in [-0.25, -0.2) is 9.59 Å². The Hall–Kier alpha value is -5.38. The van der Waals surface area contributed by atoms with Crippen molar-refractivity contribution >= 4 is 60.7 Å². The molecule has 1 aliphatic heterocycles. The SMILES string of the molecule is O=c1oc2ccccc2cc1C1=N[NH+](c2nc(-c3cc4ccccc4oc3=O)cs2)C(c2c[nH]c3ccccc23)=C1. The number of hydrogen-bond donors (Lipinski definition) is 2. The minimum Gasteiger partial charge on any atom is -0.422 e. The maximum Gasteiger partial charge on any atom is 0.345 e. The van der Waals surface area contributed by atoms with E-state index in [0.717, 1.165) is 32.9 Å². The summed E-state index contributed by atoms with van der Waals surface area (Å²) in [6, 6.07) is 26.4. The summed E-state index contributed by atoms with van der Waals surface area (Å²) in [5.74, 6) is 0. The van der Waals surface area contributed by atoms with Crippen LogP contribution in [0.3, 0.4) is 0 Å². The zero-order chi connectivity index (χ0) is 27.5. The number of allylic oxidation sites excluding steroid dienone is 1. The van der Waals surface area contributed by atoms with Crippen molar-refractivity contribution in [1.29, 1.82) is 0 Å². The lowest BCUT2D eigenvalue weighted by Gasteiger charge is -2.07. The van der Waals surface area contributed by atoms with Gasteiger partial charge in [-0.15, -0.1) is 5.01 Å². The molecule has 0 saturated carbocycles. The molecule has 0 aliphatic carbocycles. The zero-order valence-corrected chi connectivity index (χ0v) is 22.1. The average molecular weight is 556 g/mol. The fourth-order valence-corrected chi connectivity index (χ4v) is 6.03. The number of benzene rings is 3. The van der Waals surface area contributed by atoms with E-state index in [1.54, 1.807) is 24.3 Å². The number of quaternary nitrogens is 1. The van der Waals surface area contributed by atoms with Gasteiger partial charge < -0.3 is 13.8 Å². The molecular formula is C32H19N4O4S+. The predicted octanol–water partition coefficient (Wildman–Crippen LogP) is 5.48. The van der Waals surface area contributed by atoms with Crippen LogP contribution >= 0.6 is 11.3 Å². The largest absolute Gasteiger partial charge is 0.422 e. The van der Waals surface area contributed by atoms with Crippen molar-refractivity contribution in [1.82, 2.24) is 9.97 Å². The first-order valence-electron chi connectivity index (χ1n) is 12.9. The third-order valence-electron chi connectivity index (χ3n) is 7.19. The van der Waals surface area contributed by atoms with Crippen LogP contribution in [0.1, 0.15) is 11.1 Å². The van der Waals surface area contributed by atoms with E-state index in [9.17, 15) is 9.59 Å². The van der Waals surface area contributed by atoms with Gasteiger partial charge in [0.15, 0.2) is 5.70 Å². The number of nitrogens with one attached hydrogen (secondary N) is 2. The van der Waals surface area contributed by atoms with E-state index in [0.29, 0.717) is 43.8 Å². The summed E-state index contributed by atoms with van der Waals surface area (Å²) < 4.78 is 11.2. The van der Waals surface area contributed by atoms with Gasteiger partial charge in [0, 0.05) is 39.3 Å². The number of aromatic amines is 1. The average Bonchev–Trinajstić information content (AvgIpc) is 3.74. The van der Waals surface area contributed by atoms with E-state index in [-0.39, 0.29) is 0 Å². The van der Waals surface area contributed by atoms with Gasteiger partial charge in [0.25, 0.3) is 0 Å². The summed E-state index contributed by atoms with van der Waals surface area (Å²) in [5.41, 5.74) is 4.58. The van der Waals surface area contributed by atoms with Crippen LogP contribution in [0.2, 0.25) is 0 Å². The van der Waals surface area contributed by atoms with Crippen LogP contribution in [0, 0.1) is 0 Å². The lowest BCUT2D eigenvalue weighted by molar-refractivity contribution is -0.756. The number of nitrogens with zero attached hydrogens (tertiary/aromatic N) is 2. The number of para-hydroxylation sites is 3. The van der Waals surface area contributed by atoms with Crippen molar-refractivity contribution in [2.75, 3.05) is 0 Å². The van der Waals surface area contributed by atoms with Gasteiger partial charge in [-0.2, -0.15) is 4.98 Å². The van der Waals surface area contributed by atoms with Crippen LogP contribution in [0.25, 0.3) is 49.8 Å². The van der Waals surface area contributed by atoms with Gasteiger partial charge in [-0.05, 0) is 30.3 Å². The summed E-state index contributed by atoms with van der Waals surface area (Å²) >= 11 is 1.38. The molecule has 0 saturated heterocycles. The number of aromatic nitrogens is 2. The van der Waals surface area contributed by atoms with Crippen molar-refractivity contribution in [3.05, 3.63) is 135 Å². The van der Waals surface area contributed by atoms with E-state index in [2.05, 4.69) is 4.98 Å². The first-order chi connectivity index (χ1) is 20.1. The molecule has 0 radical (unpaired) electrons. The van der Waals surface area contributed by atoms with E-state index in [1.165, 1.54) is 11.3 Å². The van der Waals surface area contributed by atoms with E-state index < -0.39 is 11.3 Å². The number of thiazole rings is 1. The molecule has 0 amide bonds. The summed E-state index contributed by atoms with van der Waals surface area (Å²) in [6.07, 6.45) is 3.84. The molecule has 8 nitrogen and oxygen atoms in total. The first-order valence-corrected chi connectivity index (χ1v) is 13.8. The molecule has 1 unspecified atom stereocenters. The van der Waals surface area contributed by atoms with Gasteiger partial charge in [-0.3, -0.25) is 0 Å². The molecule has 196 valence electrons. The van der Waals surface area contributed by atoms with Crippen molar-refractivity contribution in [3.63, 3.8) is 0 Å². The van der Waals surface area contributed by atoms with Crippen molar-refractivity contribution < 1.29 is 13.8 Å². The van der Waals surface area contributed by atoms with Gasteiger partial charge in [0.05, 0.1) is 22.4 Å². The Kier molecular flexibility index (Phi) is 5.21. The Balaban J connectivity index is 1.28. The first kappa shape index (κ1) is 23.5. The molecule has 0 fully saturated rings. The lowest BCUT2D eigenvalue weighted by atomic mass is 10.1. The Morgan fingerprint density at radius 2 is 1.41 bits per heavy atom. The molecule has 1 atom stereocenters. The van der Waals surface area contributed by atoms with Crippen LogP contribution < -0.4 is 16.3 Å². The van der Waals surface area contributed by atoms with Crippen LogP contribution in [-0.4, -0.2) is 15.7 Å². The lowest BCUT2D eigenvalue weighted by Crippen LogP contribution is -2.98. The smallest absolute Gasteiger partial charge is 0.345 e. The van der Waals surface area contributed by atoms with E-state index in [1.807, 2.05) is 78.3 Å². The summed E-state index contributed by atoms with van der Waals surface area (Å²) in [6.45, 7) is 0. The predicted molar refractivity (Wildman–Crippen MR) is 160 cm³/mol. The number of rotatable bonds is 4. The monoisotopic (exact) mass is 555 g/mol. The Morgan fingerprint density at radius 3 is 2.20 bits per heavy atom. The molecule has 7 aromatic rings. The summed E-state index contributed by atoms with van der Waals surface area (Å²) in [4.78, 5) is 34.1. The second-order valence-corrected chi connectivity index (χ2v) is 10.5. The molecule has 2 N–H and O–H groups in total. The molecule has 5 heterocycles. The van der Waals surface area contributed by atoms with Gasteiger partial charge in [0.1, 0.15) is 16.9 Å². The molecule has 41 heavy (non-hydrogen) atoms. The van der Waals surface area contributed by atoms with Gasteiger partial charge >= 0.3 is 16.4 Å².